The number of aromatic nitrogens is 2. The molecule has 1 heterocycles. The lowest BCUT2D eigenvalue weighted by Gasteiger charge is -2.13. The zero-order valence-electron chi connectivity index (χ0n) is 7.08. The van der Waals surface area contributed by atoms with Gasteiger partial charge in [-0.05, 0) is 43.4 Å². The Kier molecular flexibility index (Phi) is 1.90. The predicted octanol–water partition coefficient (Wildman–Crippen LogP) is 2.00. The number of fused-ring (bicyclic) bond motifs is 1. The first-order chi connectivity index (χ1) is 5.90. The number of aryl methyl sites for hydroxylation is 2. The van der Waals surface area contributed by atoms with E-state index in [1.807, 2.05) is 0 Å². The van der Waals surface area contributed by atoms with E-state index in [2.05, 4.69) is 22.8 Å². The van der Waals surface area contributed by atoms with Gasteiger partial charge in [-0.2, -0.15) is 10.2 Å². The van der Waals surface area contributed by atoms with E-state index in [1.54, 1.807) is 6.08 Å². The molecule has 1 aliphatic rings. The molecule has 0 bridgehead atoms. The highest BCUT2D eigenvalue weighted by Gasteiger charge is 2.10. The molecule has 0 atom stereocenters. The summed E-state index contributed by atoms with van der Waals surface area (Å²) in [5.74, 6) is 0. The SMILES string of the molecule is C=Cc1cc2c(nn1)CCCC2. The smallest absolute Gasteiger partial charge is 0.0854 e. The first-order valence-corrected chi connectivity index (χ1v) is 4.38. The highest BCUT2D eigenvalue weighted by Crippen LogP contribution is 2.18. The number of nitrogens with zero attached hydrogens (tertiary/aromatic N) is 2. The van der Waals surface area contributed by atoms with Crippen LogP contribution in [0, 0.1) is 0 Å². The summed E-state index contributed by atoms with van der Waals surface area (Å²) < 4.78 is 0. The summed E-state index contributed by atoms with van der Waals surface area (Å²) in [5.41, 5.74) is 3.45. The van der Waals surface area contributed by atoms with E-state index in [4.69, 9.17) is 0 Å². The minimum atomic E-state index is 0.899. The Labute approximate surface area is 72.3 Å². The molecular weight excluding hydrogens is 148 g/mol. The van der Waals surface area contributed by atoms with E-state index in [1.165, 1.54) is 24.1 Å². The van der Waals surface area contributed by atoms with Crippen molar-refractivity contribution in [2.24, 2.45) is 0 Å². The quantitative estimate of drug-likeness (QED) is 0.628. The van der Waals surface area contributed by atoms with Crippen LogP contribution in [0.15, 0.2) is 12.6 Å². The molecule has 0 amide bonds. The van der Waals surface area contributed by atoms with Gasteiger partial charge in [0.2, 0.25) is 0 Å². The number of rotatable bonds is 1. The molecule has 0 N–H and O–H groups in total. The van der Waals surface area contributed by atoms with Gasteiger partial charge in [0.25, 0.3) is 0 Å². The van der Waals surface area contributed by atoms with Gasteiger partial charge in [-0.25, -0.2) is 0 Å². The zero-order chi connectivity index (χ0) is 8.39. The predicted molar refractivity (Wildman–Crippen MR) is 48.8 cm³/mol. The minimum Gasteiger partial charge on any atom is -0.155 e. The van der Waals surface area contributed by atoms with Crippen molar-refractivity contribution in [3.8, 4) is 0 Å². The molecule has 12 heavy (non-hydrogen) atoms. The third-order valence-corrected chi connectivity index (χ3v) is 2.30. The topological polar surface area (TPSA) is 25.8 Å². The van der Waals surface area contributed by atoms with Crippen LogP contribution in [0.2, 0.25) is 0 Å². The molecule has 0 saturated carbocycles. The highest BCUT2D eigenvalue weighted by atomic mass is 15.1. The summed E-state index contributed by atoms with van der Waals surface area (Å²) in [4.78, 5) is 0. The van der Waals surface area contributed by atoms with Gasteiger partial charge in [-0.15, -0.1) is 0 Å². The van der Waals surface area contributed by atoms with E-state index in [9.17, 15) is 0 Å². The number of hydrogen-bond donors (Lipinski definition) is 0. The van der Waals surface area contributed by atoms with Gasteiger partial charge in [0.05, 0.1) is 11.4 Å². The lowest BCUT2D eigenvalue weighted by Crippen LogP contribution is -2.07. The Balaban J connectivity index is 2.42. The maximum Gasteiger partial charge on any atom is 0.0854 e. The molecule has 0 aliphatic heterocycles. The summed E-state index contributed by atoms with van der Waals surface area (Å²) >= 11 is 0. The first kappa shape index (κ1) is 7.47. The van der Waals surface area contributed by atoms with Crippen molar-refractivity contribution in [1.29, 1.82) is 0 Å². The van der Waals surface area contributed by atoms with E-state index >= 15 is 0 Å². The van der Waals surface area contributed by atoms with Crippen LogP contribution in [-0.2, 0) is 12.8 Å². The first-order valence-electron chi connectivity index (χ1n) is 4.38. The van der Waals surface area contributed by atoms with Crippen molar-refractivity contribution in [1.82, 2.24) is 10.2 Å². The van der Waals surface area contributed by atoms with Gasteiger partial charge < -0.3 is 0 Å². The van der Waals surface area contributed by atoms with Crippen LogP contribution in [0.4, 0.5) is 0 Å². The molecule has 0 radical (unpaired) electrons. The average Bonchev–Trinajstić information content (AvgIpc) is 2.17. The van der Waals surface area contributed by atoms with Crippen LogP contribution in [0.3, 0.4) is 0 Å². The molecule has 0 saturated heterocycles. The Hall–Kier alpha value is -1.18. The van der Waals surface area contributed by atoms with Crippen molar-refractivity contribution in [2.45, 2.75) is 25.7 Å². The van der Waals surface area contributed by atoms with Gasteiger partial charge in [0.15, 0.2) is 0 Å². The van der Waals surface area contributed by atoms with Gasteiger partial charge in [0.1, 0.15) is 0 Å². The van der Waals surface area contributed by atoms with Gasteiger partial charge >= 0.3 is 0 Å². The summed E-state index contributed by atoms with van der Waals surface area (Å²) in [6.45, 7) is 3.68. The molecule has 2 nitrogen and oxygen atoms in total. The van der Waals surface area contributed by atoms with Crippen molar-refractivity contribution < 1.29 is 0 Å². The second kappa shape index (κ2) is 3.05. The second-order valence-electron chi connectivity index (χ2n) is 3.15. The molecular formula is C10H12N2. The molecule has 0 spiro atoms. The van der Waals surface area contributed by atoms with Crippen LogP contribution in [0.1, 0.15) is 29.8 Å². The third kappa shape index (κ3) is 1.24. The van der Waals surface area contributed by atoms with Crippen LogP contribution in [0.25, 0.3) is 6.08 Å². The third-order valence-electron chi connectivity index (χ3n) is 2.30. The van der Waals surface area contributed by atoms with Gasteiger partial charge in [-0.3, -0.25) is 0 Å². The van der Waals surface area contributed by atoms with Crippen LogP contribution < -0.4 is 0 Å². The van der Waals surface area contributed by atoms with Crippen molar-refractivity contribution in [3.05, 3.63) is 29.6 Å². The highest BCUT2D eigenvalue weighted by molar-refractivity contribution is 5.43. The van der Waals surface area contributed by atoms with E-state index in [0.29, 0.717) is 0 Å². The maximum atomic E-state index is 4.17. The molecule has 1 aliphatic carbocycles. The lowest BCUT2D eigenvalue weighted by molar-refractivity contribution is 0.653. The fraction of sp³-hybridized carbons (Fsp3) is 0.400. The van der Waals surface area contributed by atoms with E-state index in [0.717, 1.165) is 18.5 Å². The van der Waals surface area contributed by atoms with Gasteiger partial charge in [0, 0.05) is 0 Å². The molecule has 62 valence electrons. The average molecular weight is 160 g/mol. The summed E-state index contributed by atoms with van der Waals surface area (Å²) in [5, 5.41) is 8.21. The molecule has 0 fully saturated rings. The summed E-state index contributed by atoms with van der Waals surface area (Å²) in [6, 6.07) is 2.11. The van der Waals surface area contributed by atoms with E-state index < -0.39 is 0 Å². The van der Waals surface area contributed by atoms with E-state index in [-0.39, 0.29) is 0 Å². The molecule has 1 aromatic heterocycles. The minimum absolute atomic E-state index is 0.899. The fourth-order valence-electron chi connectivity index (χ4n) is 1.61. The molecule has 2 heteroatoms. The zero-order valence-corrected chi connectivity index (χ0v) is 7.08. The van der Waals surface area contributed by atoms with Crippen molar-refractivity contribution in [2.75, 3.05) is 0 Å². The van der Waals surface area contributed by atoms with Crippen LogP contribution >= 0.6 is 0 Å². The standard InChI is InChI=1S/C10H12N2/c1-2-9-7-8-5-3-4-6-10(8)12-11-9/h2,7H,1,3-6H2. The Morgan fingerprint density at radius 3 is 2.92 bits per heavy atom. The Morgan fingerprint density at radius 1 is 1.25 bits per heavy atom. The Morgan fingerprint density at radius 2 is 2.08 bits per heavy atom. The fourth-order valence-corrected chi connectivity index (χ4v) is 1.61. The van der Waals surface area contributed by atoms with Crippen LogP contribution in [-0.4, -0.2) is 10.2 Å². The monoisotopic (exact) mass is 160 g/mol. The van der Waals surface area contributed by atoms with Crippen molar-refractivity contribution in [3.63, 3.8) is 0 Å². The molecule has 0 aromatic carbocycles. The summed E-state index contributed by atoms with van der Waals surface area (Å²) in [6.07, 6.45) is 6.55. The molecule has 0 unspecified atom stereocenters. The lowest BCUT2D eigenvalue weighted by atomic mass is 9.96. The Bertz CT molecular complexity index is 305. The molecule has 1 aromatic rings. The normalized spacial score (nSPS) is 15.3. The van der Waals surface area contributed by atoms with Gasteiger partial charge in [-0.1, -0.05) is 6.58 Å². The second-order valence-corrected chi connectivity index (χ2v) is 3.15. The largest absolute Gasteiger partial charge is 0.155 e. The maximum absolute atomic E-state index is 4.17. The van der Waals surface area contributed by atoms with Crippen LogP contribution in [0.5, 0.6) is 0 Å². The molecule has 2 rings (SSSR count). The van der Waals surface area contributed by atoms with Crippen molar-refractivity contribution >= 4 is 6.08 Å². The number of hydrogen-bond acceptors (Lipinski definition) is 2. The summed E-state index contributed by atoms with van der Waals surface area (Å²) in [7, 11) is 0.